The first-order chi connectivity index (χ1) is 10.8. The van der Waals surface area contributed by atoms with E-state index in [-0.39, 0.29) is 6.03 Å². The molecule has 0 aliphatic heterocycles. The molecule has 4 heteroatoms. The Morgan fingerprint density at radius 2 is 1.73 bits per heavy atom. The zero-order valence-electron chi connectivity index (χ0n) is 12.8. The first-order valence-corrected chi connectivity index (χ1v) is 7.66. The summed E-state index contributed by atoms with van der Waals surface area (Å²) in [6.07, 6.45) is 3.25. The molecule has 0 spiro atoms. The van der Waals surface area contributed by atoms with Crippen LogP contribution in [0.4, 0.5) is 10.5 Å². The van der Waals surface area contributed by atoms with Crippen LogP contribution in [0.25, 0.3) is 0 Å². The van der Waals surface area contributed by atoms with E-state index in [9.17, 15) is 4.79 Å². The fraction of sp³-hybridized carbons (Fsp3) is 0.278. The third-order valence-corrected chi connectivity index (χ3v) is 3.17. The highest BCUT2D eigenvalue weighted by molar-refractivity contribution is 5.90. The van der Waals surface area contributed by atoms with Crippen molar-refractivity contribution in [1.29, 1.82) is 0 Å². The van der Waals surface area contributed by atoms with Gasteiger partial charge < -0.3 is 15.4 Å². The Morgan fingerprint density at radius 3 is 2.50 bits per heavy atom. The van der Waals surface area contributed by atoms with Crippen molar-refractivity contribution >= 4 is 11.7 Å². The molecule has 22 heavy (non-hydrogen) atoms. The molecule has 0 aliphatic rings. The number of hydrogen-bond acceptors (Lipinski definition) is 2. The number of amides is 2. The maximum atomic E-state index is 11.9. The van der Waals surface area contributed by atoms with Gasteiger partial charge >= 0.3 is 6.03 Å². The number of para-hydroxylation sites is 3. The Bertz CT molecular complexity index is 585. The van der Waals surface area contributed by atoms with Gasteiger partial charge in [-0.15, -0.1) is 0 Å². The third-order valence-electron chi connectivity index (χ3n) is 3.17. The Balaban J connectivity index is 1.95. The molecular weight excluding hydrogens is 276 g/mol. The molecule has 0 fully saturated rings. The summed E-state index contributed by atoms with van der Waals surface area (Å²) in [5.41, 5.74) is 0.652. The highest BCUT2D eigenvalue weighted by Crippen LogP contribution is 2.28. The van der Waals surface area contributed by atoms with Gasteiger partial charge in [-0.2, -0.15) is 0 Å². The smallest absolute Gasteiger partial charge is 0.319 e. The number of carbonyl (C=O) groups excluding carboxylic acids is 1. The minimum atomic E-state index is -0.208. The summed E-state index contributed by atoms with van der Waals surface area (Å²) in [6, 6.07) is 16.7. The van der Waals surface area contributed by atoms with Crippen LogP contribution in [0.2, 0.25) is 0 Å². The Labute approximate surface area is 131 Å². The highest BCUT2D eigenvalue weighted by atomic mass is 16.5. The number of anilines is 1. The van der Waals surface area contributed by atoms with Gasteiger partial charge in [-0.1, -0.05) is 50.1 Å². The Hall–Kier alpha value is -2.49. The van der Waals surface area contributed by atoms with E-state index in [2.05, 4.69) is 17.6 Å². The lowest BCUT2D eigenvalue weighted by molar-refractivity contribution is 0.252. The summed E-state index contributed by atoms with van der Waals surface area (Å²) >= 11 is 0. The molecule has 0 saturated heterocycles. The van der Waals surface area contributed by atoms with Crippen LogP contribution in [0.15, 0.2) is 54.6 Å². The van der Waals surface area contributed by atoms with Crippen molar-refractivity contribution in [3.05, 3.63) is 54.6 Å². The lowest BCUT2D eigenvalue weighted by Crippen LogP contribution is -2.29. The van der Waals surface area contributed by atoms with Crippen molar-refractivity contribution in [2.75, 3.05) is 11.9 Å². The second-order valence-electron chi connectivity index (χ2n) is 5.00. The molecule has 0 heterocycles. The minimum Gasteiger partial charge on any atom is -0.455 e. The highest BCUT2D eigenvalue weighted by Gasteiger charge is 2.07. The zero-order valence-corrected chi connectivity index (χ0v) is 12.8. The molecule has 2 amide bonds. The molecule has 2 aromatic rings. The lowest BCUT2D eigenvalue weighted by atomic mass is 10.2. The number of benzene rings is 2. The predicted molar refractivity (Wildman–Crippen MR) is 89.5 cm³/mol. The van der Waals surface area contributed by atoms with E-state index in [1.807, 2.05) is 54.6 Å². The van der Waals surface area contributed by atoms with Gasteiger partial charge in [0.15, 0.2) is 5.75 Å². The predicted octanol–water partition coefficient (Wildman–Crippen LogP) is 4.79. The van der Waals surface area contributed by atoms with Gasteiger partial charge in [-0.25, -0.2) is 4.79 Å². The van der Waals surface area contributed by atoms with E-state index >= 15 is 0 Å². The van der Waals surface area contributed by atoms with Gasteiger partial charge in [0.1, 0.15) is 5.75 Å². The van der Waals surface area contributed by atoms with Crippen LogP contribution >= 0.6 is 0 Å². The lowest BCUT2D eigenvalue weighted by Gasteiger charge is -2.12. The van der Waals surface area contributed by atoms with Crippen molar-refractivity contribution in [2.24, 2.45) is 0 Å². The van der Waals surface area contributed by atoms with E-state index in [4.69, 9.17) is 4.74 Å². The Morgan fingerprint density at radius 1 is 1.00 bits per heavy atom. The minimum absolute atomic E-state index is 0.208. The number of ether oxygens (including phenoxy) is 1. The molecular formula is C18H22N2O2. The van der Waals surface area contributed by atoms with E-state index in [0.717, 1.165) is 25.0 Å². The molecule has 4 nitrogen and oxygen atoms in total. The van der Waals surface area contributed by atoms with E-state index in [0.29, 0.717) is 18.0 Å². The summed E-state index contributed by atoms with van der Waals surface area (Å²) in [7, 11) is 0. The van der Waals surface area contributed by atoms with E-state index in [1.165, 1.54) is 0 Å². The normalized spacial score (nSPS) is 10.0. The first-order valence-electron chi connectivity index (χ1n) is 7.66. The van der Waals surface area contributed by atoms with Gasteiger partial charge in [0.05, 0.1) is 5.69 Å². The number of carbonyl (C=O) groups is 1. The summed E-state index contributed by atoms with van der Waals surface area (Å²) in [4.78, 5) is 11.9. The van der Waals surface area contributed by atoms with Gasteiger partial charge in [-0.3, -0.25) is 0 Å². The number of rotatable bonds is 7. The molecule has 2 N–H and O–H groups in total. The molecule has 0 atom stereocenters. The molecule has 0 saturated carbocycles. The zero-order chi connectivity index (χ0) is 15.6. The maximum Gasteiger partial charge on any atom is 0.319 e. The summed E-state index contributed by atoms with van der Waals surface area (Å²) < 4.78 is 5.81. The maximum absolute atomic E-state index is 11.9. The van der Waals surface area contributed by atoms with Crippen molar-refractivity contribution < 1.29 is 9.53 Å². The average Bonchev–Trinajstić information content (AvgIpc) is 2.54. The largest absolute Gasteiger partial charge is 0.455 e. The van der Waals surface area contributed by atoms with Gasteiger partial charge in [-0.05, 0) is 30.7 Å². The number of nitrogens with one attached hydrogen (secondary N) is 2. The molecule has 0 aromatic heterocycles. The van der Waals surface area contributed by atoms with Crippen LogP contribution < -0.4 is 15.4 Å². The van der Waals surface area contributed by atoms with Crippen LogP contribution in [0.1, 0.15) is 26.2 Å². The first kappa shape index (κ1) is 15.9. The molecule has 2 aromatic carbocycles. The SMILES string of the molecule is CCCCCNC(=O)Nc1ccccc1Oc1ccccc1. The topological polar surface area (TPSA) is 50.4 Å². The summed E-state index contributed by atoms with van der Waals surface area (Å²) in [6.45, 7) is 2.82. The molecule has 116 valence electrons. The van der Waals surface area contributed by atoms with Crippen LogP contribution in [-0.4, -0.2) is 12.6 Å². The summed E-state index contributed by atoms with van der Waals surface area (Å²) in [5, 5.41) is 5.68. The third kappa shape index (κ3) is 5.13. The fourth-order valence-corrected chi connectivity index (χ4v) is 2.02. The van der Waals surface area contributed by atoms with Crippen molar-refractivity contribution in [1.82, 2.24) is 5.32 Å². The quantitative estimate of drug-likeness (QED) is 0.722. The Kier molecular flexibility index (Phi) is 6.30. The summed E-state index contributed by atoms with van der Waals surface area (Å²) in [5.74, 6) is 1.36. The molecule has 0 bridgehead atoms. The van der Waals surface area contributed by atoms with Crippen molar-refractivity contribution in [3.63, 3.8) is 0 Å². The number of hydrogen-bond donors (Lipinski definition) is 2. The standard InChI is InChI=1S/C18H22N2O2/c1-2-3-9-14-19-18(21)20-16-12-7-8-13-17(16)22-15-10-5-4-6-11-15/h4-8,10-13H,2-3,9,14H2,1H3,(H2,19,20,21). The second-order valence-corrected chi connectivity index (χ2v) is 5.00. The van der Waals surface area contributed by atoms with Crippen LogP contribution in [0, 0.1) is 0 Å². The van der Waals surface area contributed by atoms with Crippen molar-refractivity contribution in [2.45, 2.75) is 26.2 Å². The van der Waals surface area contributed by atoms with Gasteiger partial charge in [0.2, 0.25) is 0 Å². The molecule has 0 aliphatic carbocycles. The molecule has 0 radical (unpaired) electrons. The number of unbranched alkanes of at least 4 members (excludes halogenated alkanes) is 2. The monoisotopic (exact) mass is 298 g/mol. The molecule has 0 unspecified atom stereocenters. The van der Waals surface area contributed by atoms with Crippen LogP contribution in [0.3, 0.4) is 0 Å². The second kappa shape index (κ2) is 8.72. The fourth-order valence-electron chi connectivity index (χ4n) is 2.02. The number of urea groups is 1. The van der Waals surface area contributed by atoms with Crippen LogP contribution in [-0.2, 0) is 0 Å². The van der Waals surface area contributed by atoms with E-state index < -0.39 is 0 Å². The van der Waals surface area contributed by atoms with E-state index in [1.54, 1.807) is 0 Å². The molecule has 2 rings (SSSR count). The van der Waals surface area contributed by atoms with Gasteiger partial charge in [0, 0.05) is 6.54 Å². The van der Waals surface area contributed by atoms with Crippen molar-refractivity contribution in [3.8, 4) is 11.5 Å². The average molecular weight is 298 g/mol. The van der Waals surface area contributed by atoms with Gasteiger partial charge in [0.25, 0.3) is 0 Å². The van der Waals surface area contributed by atoms with Crippen LogP contribution in [0.5, 0.6) is 11.5 Å².